The molecule has 0 spiro atoms. The second-order valence-electron chi connectivity index (χ2n) is 7.44. The third-order valence-corrected chi connectivity index (χ3v) is 5.37. The first kappa shape index (κ1) is 21.9. The van der Waals surface area contributed by atoms with E-state index < -0.39 is 0 Å². The fourth-order valence-corrected chi connectivity index (χ4v) is 3.80. The first-order valence-electron chi connectivity index (χ1n) is 10.0. The van der Waals surface area contributed by atoms with Gasteiger partial charge in [-0.2, -0.15) is 0 Å². The molecule has 0 aromatic heterocycles. The Morgan fingerprint density at radius 2 is 1.77 bits per heavy atom. The van der Waals surface area contributed by atoms with E-state index in [2.05, 4.69) is 5.32 Å². The van der Waals surface area contributed by atoms with Crippen LogP contribution in [0.5, 0.6) is 0 Å². The highest BCUT2D eigenvalue weighted by Gasteiger charge is 2.36. The number of nitrogens with one attached hydrogen (secondary N) is 1. The summed E-state index contributed by atoms with van der Waals surface area (Å²) in [5, 5.41) is 2.89. The maximum absolute atomic E-state index is 12.9. The number of benzene rings is 1. The molecule has 0 atom stereocenters. The Morgan fingerprint density at radius 1 is 1.07 bits per heavy atom. The summed E-state index contributed by atoms with van der Waals surface area (Å²) in [5.74, 6) is -1.06. The summed E-state index contributed by atoms with van der Waals surface area (Å²) < 4.78 is 9.79. The van der Waals surface area contributed by atoms with E-state index in [4.69, 9.17) is 9.47 Å². The lowest BCUT2D eigenvalue weighted by Crippen LogP contribution is -2.47. The number of methoxy groups -OCH3 is 2. The number of carbonyl (C=O) groups is 4. The Balaban J connectivity index is 1.62. The van der Waals surface area contributed by atoms with Crippen LogP contribution in [0.2, 0.25) is 0 Å². The van der Waals surface area contributed by atoms with Crippen molar-refractivity contribution in [2.45, 2.75) is 25.3 Å². The Labute approximate surface area is 175 Å². The normalized spacial score (nSPS) is 16.7. The highest BCUT2D eigenvalue weighted by molar-refractivity contribution is 6.22. The van der Waals surface area contributed by atoms with Gasteiger partial charge in [-0.3, -0.25) is 24.1 Å². The van der Waals surface area contributed by atoms with Crippen LogP contribution in [-0.2, 0) is 14.3 Å². The van der Waals surface area contributed by atoms with Crippen LogP contribution in [0.4, 0.5) is 0 Å². The number of amides is 4. The first-order chi connectivity index (χ1) is 14.5. The molecule has 0 radical (unpaired) electrons. The summed E-state index contributed by atoms with van der Waals surface area (Å²) >= 11 is 0. The van der Waals surface area contributed by atoms with Crippen LogP contribution in [0.25, 0.3) is 0 Å². The lowest BCUT2D eigenvalue weighted by Gasteiger charge is -2.32. The van der Waals surface area contributed by atoms with Gasteiger partial charge in [0.1, 0.15) is 6.61 Å². The Kier molecular flexibility index (Phi) is 7.17. The fraction of sp³-hybridized carbons (Fsp3) is 0.524. The molecule has 2 aliphatic rings. The van der Waals surface area contributed by atoms with Crippen molar-refractivity contribution in [1.82, 2.24) is 15.1 Å². The van der Waals surface area contributed by atoms with Crippen molar-refractivity contribution in [3.63, 3.8) is 0 Å². The average Bonchev–Trinajstić information content (AvgIpc) is 2.98. The molecule has 0 unspecified atom stereocenters. The Morgan fingerprint density at radius 3 is 2.43 bits per heavy atom. The molecule has 162 valence electrons. The van der Waals surface area contributed by atoms with Crippen molar-refractivity contribution in [3.8, 4) is 0 Å². The predicted octanol–water partition coefficient (Wildman–Crippen LogP) is 0.686. The molecular formula is C21H27N3O6. The van der Waals surface area contributed by atoms with Gasteiger partial charge in [0.25, 0.3) is 17.7 Å². The zero-order chi connectivity index (χ0) is 21.7. The van der Waals surface area contributed by atoms with Gasteiger partial charge in [0.2, 0.25) is 5.91 Å². The molecule has 1 saturated heterocycles. The minimum Gasteiger partial charge on any atom is -0.385 e. The van der Waals surface area contributed by atoms with Crippen molar-refractivity contribution in [3.05, 3.63) is 34.9 Å². The van der Waals surface area contributed by atoms with Gasteiger partial charge in [-0.15, -0.1) is 0 Å². The van der Waals surface area contributed by atoms with Crippen molar-refractivity contribution < 1.29 is 28.7 Å². The molecule has 1 aromatic carbocycles. The average molecular weight is 417 g/mol. The molecule has 3 rings (SSSR count). The number of nitrogens with zero attached hydrogens (tertiary/aromatic N) is 2. The summed E-state index contributed by atoms with van der Waals surface area (Å²) in [5.41, 5.74) is 0.981. The molecule has 0 bridgehead atoms. The molecule has 9 heteroatoms. The van der Waals surface area contributed by atoms with Crippen molar-refractivity contribution in [2.75, 3.05) is 47.1 Å². The molecular weight excluding hydrogens is 390 g/mol. The molecule has 2 heterocycles. The summed E-state index contributed by atoms with van der Waals surface area (Å²) in [4.78, 5) is 52.6. The third kappa shape index (κ3) is 4.68. The van der Waals surface area contributed by atoms with E-state index in [9.17, 15) is 19.2 Å². The topological polar surface area (TPSA) is 105 Å². The molecule has 2 aliphatic heterocycles. The standard InChI is InChI=1S/C21H27N3O6/c1-29-11-3-8-24-20(27)16-5-4-14(12-17(16)21(24)28)19(26)23-9-6-15(7-10-23)22-18(25)13-30-2/h4-5,12,15H,3,6-11,13H2,1-2H3,(H,22,25). The number of carbonyl (C=O) groups excluding carboxylic acids is 4. The van der Waals surface area contributed by atoms with Crippen LogP contribution in [0.3, 0.4) is 0 Å². The van der Waals surface area contributed by atoms with Gasteiger partial charge in [0.05, 0.1) is 11.1 Å². The largest absolute Gasteiger partial charge is 0.385 e. The van der Waals surface area contributed by atoms with Crippen molar-refractivity contribution >= 4 is 23.6 Å². The van der Waals surface area contributed by atoms with Gasteiger partial charge >= 0.3 is 0 Å². The predicted molar refractivity (Wildman–Crippen MR) is 107 cm³/mol. The van der Waals surface area contributed by atoms with Crippen LogP contribution in [0, 0.1) is 0 Å². The molecule has 1 aromatic rings. The van der Waals surface area contributed by atoms with E-state index in [0.717, 1.165) is 0 Å². The van der Waals surface area contributed by atoms with Gasteiger partial charge in [-0.05, 0) is 37.5 Å². The van der Waals surface area contributed by atoms with Crippen LogP contribution in [-0.4, -0.2) is 86.5 Å². The number of imide groups is 1. The Bertz CT molecular complexity index is 832. The number of likely N-dealkylation sites (tertiary alicyclic amines) is 1. The van der Waals surface area contributed by atoms with Gasteiger partial charge in [0.15, 0.2) is 0 Å². The van der Waals surface area contributed by atoms with Crippen LogP contribution >= 0.6 is 0 Å². The fourth-order valence-electron chi connectivity index (χ4n) is 3.80. The van der Waals surface area contributed by atoms with E-state index in [1.807, 2.05) is 0 Å². The lowest BCUT2D eigenvalue weighted by molar-refractivity contribution is -0.125. The molecule has 4 amide bonds. The summed E-state index contributed by atoms with van der Waals surface area (Å²) in [6, 6.07) is 4.67. The second kappa shape index (κ2) is 9.82. The van der Waals surface area contributed by atoms with Gasteiger partial charge < -0.3 is 19.7 Å². The van der Waals surface area contributed by atoms with Crippen LogP contribution in [0.15, 0.2) is 18.2 Å². The SMILES string of the molecule is COCCCN1C(=O)c2ccc(C(=O)N3CCC(NC(=O)COC)CC3)cc2C1=O. The number of hydrogen-bond donors (Lipinski definition) is 1. The molecule has 1 fully saturated rings. The van der Waals surface area contributed by atoms with E-state index in [-0.39, 0.29) is 48.4 Å². The van der Waals surface area contributed by atoms with E-state index in [0.29, 0.717) is 50.1 Å². The molecule has 1 N–H and O–H groups in total. The van der Waals surface area contributed by atoms with Crippen LogP contribution in [0.1, 0.15) is 50.3 Å². The highest BCUT2D eigenvalue weighted by atomic mass is 16.5. The summed E-state index contributed by atoms with van der Waals surface area (Å²) in [7, 11) is 3.03. The summed E-state index contributed by atoms with van der Waals surface area (Å²) in [6.07, 6.45) is 1.86. The molecule has 0 aliphatic carbocycles. The van der Waals surface area contributed by atoms with Gasteiger partial charge in [-0.1, -0.05) is 0 Å². The smallest absolute Gasteiger partial charge is 0.261 e. The van der Waals surface area contributed by atoms with Gasteiger partial charge in [0, 0.05) is 52.1 Å². The minimum absolute atomic E-state index is 0.0107. The number of rotatable bonds is 8. The number of hydrogen-bond acceptors (Lipinski definition) is 6. The molecule has 9 nitrogen and oxygen atoms in total. The van der Waals surface area contributed by atoms with Gasteiger partial charge in [-0.25, -0.2) is 0 Å². The quantitative estimate of drug-likeness (QED) is 0.493. The zero-order valence-corrected chi connectivity index (χ0v) is 17.3. The maximum Gasteiger partial charge on any atom is 0.261 e. The van der Waals surface area contributed by atoms with E-state index >= 15 is 0 Å². The lowest BCUT2D eigenvalue weighted by atomic mass is 10.0. The highest BCUT2D eigenvalue weighted by Crippen LogP contribution is 2.25. The monoisotopic (exact) mass is 417 g/mol. The minimum atomic E-state index is -0.375. The Hall–Kier alpha value is -2.78. The third-order valence-electron chi connectivity index (χ3n) is 5.37. The van der Waals surface area contributed by atoms with Crippen LogP contribution < -0.4 is 5.32 Å². The molecule has 30 heavy (non-hydrogen) atoms. The summed E-state index contributed by atoms with van der Waals surface area (Å²) in [6.45, 7) is 1.77. The number of piperidine rings is 1. The number of ether oxygens (including phenoxy) is 2. The maximum atomic E-state index is 12.9. The van der Waals surface area contributed by atoms with E-state index in [1.165, 1.54) is 18.1 Å². The molecule has 0 saturated carbocycles. The van der Waals surface area contributed by atoms with E-state index in [1.54, 1.807) is 24.1 Å². The number of fused-ring (bicyclic) bond motifs is 1. The second-order valence-corrected chi connectivity index (χ2v) is 7.44. The zero-order valence-electron chi connectivity index (χ0n) is 17.3. The van der Waals surface area contributed by atoms with Crippen molar-refractivity contribution in [1.29, 1.82) is 0 Å². The first-order valence-corrected chi connectivity index (χ1v) is 10.0. The van der Waals surface area contributed by atoms with Crippen molar-refractivity contribution in [2.24, 2.45) is 0 Å².